The minimum absolute atomic E-state index is 0.0156. The number of anilines is 1. The van der Waals surface area contributed by atoms with E-state index in [0.29, 0.717) is 28.6 Å². The Morgan fingerprint density at radius 1 is 1.00 bits per heavy atom. The molecule has 0 saturated carbocycles. The van der Waals surface area contributed by atoms with Crippen LogP contribution in [-0.2, 0) is 26.2 Å². The molecule has 0 bridgehead atoms. The molecule has 220 valence electrons. The molecule has 3 aromatic rings. The highest BCUT2D eigenvalue weighted by Gasteiger charge is 2.34. The summed E-state index contributed by atoms with van der Waals surface area (Å²) in [5.74, 6) is -0.648. The molecule has 0 aliphatic heterocycles. The van der Waals surface area contributed by atoms with Crippen molar-refractivity contribution in [2.45, 2.75) is 51.1 Å². The van der Waals surface area contributed by atoms with Crippen molar-refractivity contribution in [3.05, 3.63) is 87.9 Å². The van der Waals surface area contributed by atoms with Gasteiger partial charge in [0.1, 0.15) is 18.3 Å². The molecule has 2 amide bonds. The average molecular weight is 621 g/mol. The monoisotopic (exact) mass is 619 g/mol. The number of carbonyl (C=O) groups excluding carboxylic acids is 2. The lowest BCUT2D eigenvalue weighted by atomic mass is 10.1. The van der Waals surface area contributed by atoms with Crippen LogP contribution in [0.4, 0.5) is 5.69 Å². The van der Waals surface area contributed by atoms with E-state index in [9.17, 15) is 18.0 Å². The molecule has 0 radical (unpaired) electrons. The first kappa shape index (κ1) is 32.2. The second-order valence-corrected chi connectivity index (χ2v) is 12.2. The van der Waals surface area contributed by atoms with Crippen LogP contribution < -0.4 is 14.4 Å². The number of nitrogens with zero attached hydrogens (tertiary/aromatic N) is 2. The molecule has 1 N–H and O–H groups in total. The zero-order valence-electron chi connectivity index (χ0n) is 23.6. The van der Waals surface area contributed by atoms with Crippen LogP contribution in [-0.4, -0.2) is 51.4 Å². The Morgan fingerprint density at radius 3 is 2.29 bits per heavy atom. The van der Waals surface area contributed by atoms with Crippen molar-refractivity contribution >= 4 is 50.7 Å². The molecule has 8 nitrogen and oxygen atoms in total. The van der Waals surface area contributed by atoms with Crippen LogP contribution in [0.25, 0.3) is 0 Å². The van der Waals surface area contributed by atoms with Crippen molar-refractivity contribution in [1.29, 1.82) is 0 Å². The number of hydrogen-bond donors (Lipinski definition) is 1. The Bertz CT molecular complexity index is 1470. The molecule has 41 heavy (non-hydrogen) atoms. The quantitative estimate of drug-likeness (QED) is 0.259. The Morgan fingerprint density at radius 2 is 1.68 bits per heavy atom. The molecular weight excluding hydrogens is 585 g/mol. The summed E-state index contributed by atoms with van der Waals surface area (Å²) in [4.78, 5) is 28.7. The van der Waals surface area contributed by atoms with Crippen LogP contribution in [0.5, 0.6) is 5.75 Å². The highest BCUT2D eigenvalue weighted by atomic mass is 35.5. The Balaban J connectivity index is 2.11. The number of hydrogen-bond acceptors (Lipinski definition) is 5. The molecular formula is C30H35Cl2N3O5S. The van der Waals surface area contributed by atoms with Crippen molar-refractivity contribution in [3.8, 4) is 5.75 Å². The van der Waals surface area contributed by atoms with Gasteiger partial charge >= 0.3 is 0 Å². The van der Waals surface area contributed by atoms with Gasteiger partial charge in [0, 0.05) is 23.1 Å². The lowest BCUT2D eigenvalue weighted by Crippen LogP contribution is -2.52. The summed E-state index contributed by atoms with van der Waals surface area (Å²) in [7, 11) is -2.80. The minimum atomic E-state index is -4.22. The zero-order valence-corrected chi connectivity index (χ0v) is 25.9. The van der Waals surface area contributed by atoms with E-state index < -0.39 is 28.5 Å². The third-order valence-corrected chi connectivity index (χ3v) is 8.89. The first-order valence-corrected chi connectivity index (χ1v) is 15.5. The molecule has 0 spiro atoms. The maximum absolute atomic E-state index is 14.1. The number of carbonyl (C=O) groups is 2. The lowest BCUT2D eigenvalue weighted by molar-refractivity contribution is -0.140. The zero-order chi connectivity index (χ0) is 30.2. The largest absolute Gasteiger partial charge is 0.495 e. The number of para-hydroxylation sites is 2. The smallest absolute Gasteiger partial charge is 0.264 e. The van der Waals surface area contributed by atoms with Gasteiger partial charge in [-0.05, 0) is 61.7 Å². The summed E-state index contributed by atoms with van der Waals surface area (Å²) in [5.41, 5.74) is 1.65. The number of ether oxygens (including phenoxy) is 1. The molecule has 1 atom stereocenters. The number of sulfonamides is 1. The predicted octanol–water partition coefficient (Wildman–Crippen LogP) is 5.84. The summed E-state index contributed by atoms with van der Waals surface area (Å²) in [6, 6.07) is 17.0. The van der Waals surface area contributed by atoms with Gasteiger partial charge in [-0.15, -0.1) is 0 Å². The van der Waals surface area contributed by atoms with Crippen LogP contribution in [0.1, 0.15) is 37.8 Å². The van der Waals surface area contributed by atoms with Gasteiger partial charge in [-0.2, -0.15) is 0 Å². The fourth-order valence-corrected chi connectivity index (χ4v) is 6.20. The number of aryl methyl sites for hydroxylation is 1. The van der Waals surface area contributed by atoms with E-state index in [0.717, 1.165) is 16.3 Å². The van der Waals surface area contributed by atoms with Gasteiger partial charge in [0.15, 0.2) is 0 Å². The maximum atomic E-state index is 14.1. The van der Waals surface area contributed by atoms with Gasteiger partial charge in [-0.1, -0.05) is 72.9 Å². The van der Waals surface area contributed by atoms with Crippen molar-refractivity contribution < 1.29 is 22.7 Å². The normalized spacial score (nSPS) is 12.0. The maximum Gasteiger partial charge on any atom is 0.264 e. The van der Waals surface area contributed by atoms with Crippen molar-refractivity contribution in [1.82, 2.24) is 10.2 Å². The van der Waals surface area contributed by atoms with E-state index >= 15 is 0 Å². The third-order valence-electron chi connectivity index (χ3n) is 6.53. The third kappa shape index (κ3) is 7.93. The number of rotatable bonds is 13. The summed E-state index contributed by atoms with van der Waals surface area (Å²) in [6.07, 6.45) is 1.02. The number of benzene rings is 3. The Hall–Kier alpha value is -3.27. The van der Waals surface area contributed by atoms with E-state index in [-0.39, 0.29) is 28.8 Å². The molecule has 0 saturated heterocycles. The van der Waals surface area contributed by atoms with Gasteiger partial charge in [0.25, 0.3) is 10.0 Å². The Kier molecular flexibility index (Phi) is 11.5. The second-order valence-electron chi connectivity index (χ2n) is 9.47. The highest BCUT2D eigenvalue weighted by molar-refractivity contribution is 7.92. The molecule has 0 aromatic heterocycles. The standard InChI is InChI=1S/C30H35Cl2N3O5S/c1-5-17-33-30(37)26(6-2)34(19-22-13-14-23(31)18-25(22)32)29(36)20-35(27-9-7-8-10-28(27)40-4)41(38,39)24-15-11-21(3)12-16-24/h7-16,18,26H,5-6,17,19-20H2,1-4H3,(H,33,37)/t26-/m0/s1. The molecule has 0 unspecified atom stereocenters. The van der Waals surface area contributed by atoms with E-state index in [4.69, 9.17) is 27.9 Å². The topological polar surface area (TPSA) is 96.0 Å². The molecule has 3 rings (SSSR count). The fraction of sp³-hybridized carbons (Fsp3) is 0.333. The molecule has 3 aromatic carbocycles. The van der Waals surface area contributed by atoms with Gasteiger partial charge in [-0.25, -0.2) is 8.42 Å². The summed E-state index contributed by atoms with van der Waals surface area (Å²) in [5, 5.41) is 3.61. The van der Waals surface area contributed by atoms with E-state index in [2.05, 4.69) is 5.32 Å². The molecule has 0 fully saturated rings. The van der Waals surface area contributed by atoms with Crippen LogP contribution >= 0.6 is 23.2 Å². The molecule has 0 aliphatic carbocycles. The van der Waals surface area contributed by atoms with Gasteiger partial charge in [0.05, 0.1) is 17.7 Å². The minimum Gasteiger partial charge on any atom is -0.495 e. The molecule has 0 heterocycles. The first-order chi connectivity index (χ1) is 19.5. The Labute approximate surface area is 252 Å². The number of nitrogens with one attached hydrogen (secondary N) is 1. The SMILES string of the molecule is CCCNC(=O)[C@H](CC)N(Cc1ccc(Cl)cc1Cl)C(=O)CN(c1ccccc1OC)S(=O)(=O)c1ccc(C)cc1. The fourth-order valence-electron chi connectivity index (χ4n) is 4.31. The summed E-state index contributed by atoms with van der Waals surface area (Å²) < 4.78 is 34.5. The lowest BCUT2D eigenvalue weighted by Gasteiger charge is -2.33. The second kappa shape index (κ2) is 14.6. The number of methoxy groups -OCH3 is 1. The first-order valence-electron chi connectivity index (χ1n) is 13.3. The molecule has 11 heteroatoms. The molecule has 0 aliphatic rings. The van der Waals surface area contributed by atoms with Crippen molar-refractivity contribution in [2.75, 3.05) is 24.5 Å². The summed E-state index contributed by atoms with van der Waals surface area (Å²) in [6.45, 7) is 5.40. The van der Waals surface area contributed by atoms with Gasteiger partial charge < -0.3 is 15.0 Å². The summed E-state index contributed by atoms with van der Waals surface area (Å²) >= 11 is 12.5. The van der Waals surface area contributed by atoms with E-state index in [1.165, 1.54) is 24.1 Å². The van der Waals surface area contributed by atoms with Crippen LogP contribution in [0.15, 0.2) is 71.6 Å². The highest BCUT2D eigenvalue weighted by Crippen LogP contribution is 2.33. The van der Waals surface area contributed by atoms with E-state index in [1.807, 2.05) is 13.8 Å². The van der Waals surface area contributed by atoms with Gasteiger partial charge in [-0.3, -0.25) is 13.9 Å². The number of amides is 2. The van der Waals surface area contributed by atoms with Crippen molar-refractivity contribution in [3.63, 3.8) is 0 Å². The average Bonchev–Trinajstić information content (AvgIpc) is 2.95. The van der Waals surface area contributed by atoms with Crippen LogP contribution in [0, 0.1) is 6.92 Å². The van der Waals surface area contributed by atoms with Crippen molar-refractivity contribution in [2.24, 2.45) is 0 Å². The van der Waals surface area contributed by atoms with Crippen LogP contribution in [0.2, 0.25) is 10.0 Å². The van der Waals surface area contributed by atoms with Crippen LogP contribution in [0.3, 0.4) is 0 Å². The van der Waals surface area contributed by atoms with E-state index in [1.54, 1.807) is 61.5 Å². The number of halogens is 2. The predicted molar refractivity (Wildman–Crippen MR) is 163 cm³/mol. The van der Waals surface area contributed by atoms with Gasteiger partial charge in [0.2, 0.25) is 11.8 Å².